The SMILES string of the molecule is CCC(N)c1cc2c(cc1Br)OCCO2. The van der Waals surface area contributed by atoms with Gasteiger partial charge in [0, 0.05) is 10.5 Å². The molecule has 82 valence electrons. The summed E-state index contributed by atoms with van der Waals surface area (Å²) in [6.45, 7) is 3.28. The van der Waals surface area contributed by atoms with Crippen LogP contribution in [0, 0.1) is 0 Å². The minimum atomic E-state index is 0.0372. The van der Waals surface area contributed by atoms with Crippen molar-refractivity contribution in [2.24, 2.45) is 5.73 Å². The van der Waals surface area contributed by atoms with E-state index in [4.69, 9.17) is 15.2 Å². The number of fused-ring (bicyclic) bond motifs is 1. The fraction of sp³-hybridized carbons (Fsp3) is 0.455. The van der Waals surface area contributed by atoms with E-state index in [0.29, 0.717) is 13.2 Å². The van der Waals surface area contributed by atoms with Crippen LogP contribution in [0.3, 0.4) is 0 Å². The van der Waals surface area contributed by atoms with Crippen LogP contribution in [-0.2, 0) is 0 Å². The van der Waals surface area contributed by atoms with E-state index in [1.807, 2.05) is 12.1 Å². The predicted molar refractivity (Wildman–Crippen MR) is 62.4 cm³/mol. The van der Waals surface area contributed by atoms with Crippen molar-refractivity contribution in [1.82, 2.24) is 0 Å². The molecule has 1 aromatic rings. The predicted octanol–water partition coefficient (Wildman–Crippen LogP) is 2.63. The smallest absolute Gasteiger partial charge is 0.162 e. The molecule has 3 nitrogen and oxygen atoms in total. The van der Waals surface area contributed by atoms with Crippen LogP contribution in [0.15, 0.2) is 16.6 Å². The first-order valence-electron chi connectivity index (χ1n) is 5.07. The van der Waals surface area contributed by atoms with Crippen molar-refractivity contribution in [3.05, 3.63) is 22.2 Å². The first-order valence-corrected chi connectivity index (χ1v) is 5.86. The van der Waals surface area contributed by atoms with E-state index < -0.39 is 0 Å². The van der Waals surface area contributed by atoms with Gasteiger partial charge in [-0.05, 0) is 24.1 Å². The van der Waals surface area contributed by atoms with E-state index in [9.17, 15) is 0 Å². The topological polar surface area (TPSA) is 44.5 Å². The van der Waals surface area contributed by atoms with Crippen molar-refractivity contribution in [1.29, 1.82) is 0 Å². The number of benzene rings is 1. The third kappa shape index (κ3) is 2.11. The van der Waals surface area contributed by atoms with Crippen LogP contribution in [0.1, 0.15) is 24.9 Å². The van der Waals surface area contributed by atoms with Crippen molar-refractivity contribution in [2.75, 3.05) is 13.2 Å². The summed E-state index contributed by atoms with van der Waals surface area (Å²) in [5.74, 6) is 1.59. The van der Waals surface area contributed by atoms with Crippen LogP contribution in [-0.4, -0.2) is 13.2 Å². The summed E-state index contributed by atoms with van der Waals surface area (Å²) in [5, 5.41) is 0. The van der Waals surface area contributed by atoms with Crippen molar-refractivity contribution in [3.8, 4) is 11.5 Å². The average Bonchev–Trinajstić information content (AvgIpc) is 2.27. The van der Waals surface area contributed by atoms with Crippen molar-refractivity contribution < 1.29 is 9.47 Å². The number of halogens is 1. The van der Waals surface area contributed by atoms with E-state index >= 15 is 0 Å². The van der Waals surface area contributed by atoms with Gasteiger partial charge in [-0.3, -0.25) is 0 Å². The van der Waals surface area contributed by atoms with Crippen LogP contribution < -0.4 is 15.2 Å². The van der Waals surface area contributed by atoms with Gasteiger partial charge < -0.3 is 15.2 Å². The minimum Gasteiger partial charge on any atom is -0.486 e. The first-order chi connectivity index (χ1) is 7.22. The molecular weight excluding hydrogens is 258 g/mol. The maximum atomic E-state index is 6.00. The molecule has 15 heavy (non-hydrogen) atoms. The number of ether oxygens (including phenoxy) is 2. The Morgan fingerprint density at radius 3 is 2.53 bits per heavy atom. The Hall–Kier alpha value is -0.740. The van der Waals surface area contributed by atoms with Crippen molar-refractivity contribution >= 4 is 15.9 Å². The number of hydrogen-bond acceptors (Lipinski definition) is 3. The van der Waals surface area contributed by atoms with Gasteiger partial charge in [-0.1, -0.05) is 22.9 Å². The molecule has 0 spiro atoms. The molecule has 2 N–H and O–H groups in total. The average molecular weight is 272 g/mol. The summed E-state index contributed by atoms with van der Waals surface area (Å²) < 4.78 is 12.0. The lowest BCUT2D eigenvalue weighted by molar-refractivity contribution is 0.171. The van der Waals surface area contributed by atoms with Crippen LogP contribution in [0.2, 0.25) is 0 Å². The molecule has 0 amide bonds. The summed E-state index contributed by atoms with van der Waals surface area (Å²) in [7, 11) is 0. The number of hydrogen-bond donors (Lipinski definition) is 1. The Bertz CT molecular complexity index is 368. The fourth-order valence-corrected chi connectivity index (χ4v) is 2.20. The zero-order chi connectivity index (χ0) is 10.8. The molecule has 0 saturated heterocycles. The Morgan fingerprint density at radius 2 is 1.93 bits per heavy atom. The third-order valence-electron chi connectivity index (χ3n) is 2.50. The van der Waals surface area contributed by atoms with Gasteiger partial charge in [0.1, 0.15) is 13.2 Å². The molecule has 2 rings (SSSR count). The van der Waals surface area contributed by atoms with Crippen LogP contribution in [0.5, 0.6) is 11.5 Å². The highest BCUT2D eigenvalue weighted by Gasteiger charge is 2.17. The van der Waals surface area contributed by atoms with E-state index in [0.717, 1.165) is 28.0 Å². The second kappa shape index (κ2) is 4.41. The Labute approximate surface area is 97.7 Å². The fourth-order valence-electron chi connectivity index (χ4n) is 1.58. The summed E-state index contributed by atoms with van der Waals surface area (Å²) in [6.07, 6.45) is 0.901. The molecule has 1 atom stereocenters. The Balaban J connectivity index is 2.40. The van der Waals surface area contributed by atoms with E-state index in [2.05, 4.69) is 22.9 Å². The number of nitrogens with two attached hydrogens (primary N) is 1. The third-order valence-corrected chi connectivity index (χ3v) is 3.19. The normalized spacial score (nSPS) is 16.2. The summed E-state index contributed by atoms with van der Waals surface area (Å²) in [6, 6.07) is 3.93. The van der Waals surface area contributed by atoms with Crippen molar-refractivity contribution in [3.63, 3.8) is 0 Å². The van der Waals surface area contributed by atoms with Gasteiger partial charge in [-0.25, -0.2) is 0 Å². The molecule has 1 unspecified atom stereocenters. The molecule has 0 radical (unpaired) electrons. The summed E-state index contributed by atoms with van der Waals surface area (Å²) in [5.41, 5.74) is 7.07. The zero-order valence-electron chi connectivity index (χ0n) is 8.63. The highest BCUT2D eigenvalue weighted by atomic mass is 79.9. The largest absolute Gasteiger partial charge is 0.486 e. The maximum absolute atomic E-state index is 6.00. The van der Waals surface area contributed by atoms with Gasteiger partial charge in [-0.15, -0.1) is 0 Å². The first kappa shape index (κ1) is 10.8. The van der Waals surface area contributed by atoms with E-state index in [-0.39, 0.29) is 6.04 Å². The Kier molecular flexibility index (Phi) is 3.17. The standard InChI is InChI=1S/C11H14BrNO2/c1-2-9(13)7-5-10-11(6-8(7)12)15-4-3-14-10/h5-6,9H,2-4,13H2,1H3. The van der Waals surface area contributed by atoms with Crippen LogP contribution >= 0.6 is 15.9 Å². The second-order valence-corrected chi connectivity index (χ2v) is 4.39. The van der Waals surface area contributed by atoms with Crippen LogP contribution in [0.4, 0.5) is 0 Å². The maximum Gasteiger partial charge on any atom is 0.162 e. The molecule has 0 saturated carbocycles. The van der Waals surface area contributed by atoms with Gasteiger partial charge in [0.2, 0.25) is 0 Å². The van der Waals surface area contributed by atoms with Gasteiger partial charge in [0.25, 0.3) is 0 Å². The molecule has 4 heteroatoms. The zero-order valence-corrected chi connectivity index (χ0v) is 10.2. The van der Waals surface area contributed by atoms with Gasteiger partial charge in [-0.2, -0.15) is 0 Å². The second-order valence-electron chi connectivity index (χ2n) is 3.53. The lowest BCUT2D eigenvalue weighted by Crippen LogP contribution is -2.17. The van der Waals surface area contributed by atoms with Gasteiger partial charge >= 0.3 is 0 Å². The molecule has 1 aliphatic rings. The van der Waals surface area contributed by atoms with Gasteiger partial charge in [0.15, 0.2) is 11.5 Å². The highest BCUT2D eigenvalue weighted by Crippen LogP contribution is 2.37. The summed E-state index contributed by atoms with van der Waals surface area (Å²) in [4.78, 5) is 0. The molecule has 0 fully saturated rings. The molecule has 0 aliphatic carbocycles. The molecule has 1 aliphatic heterocycles. The monoisotopic (exact) mass is 271 g/mol. The van der Waals surface area contributed by atoms with E-state index in [1.165, 1.54) is 0 Å². The molecular formula is C11H14BrNO2. The number of rotatable bonds is 2. The lowest BCUT2D eigenvalue weighted by atomic mass is 10.0. The summed E-state index contributed by atoms with van der Waals surface area (Å²) >= 11 is 3.50. The Morgan fingerprint density at radius 1 is 1.33 bits per heavy atom. The lowest BCUT2D eigenvalue weighted by Gasteiger charge is -2.21. The van der Waals surface area contributed by atoms with Crippen LogP contribution in [0.25, 0.3) is 0 Å². The molecule has 0 bridgehead atoms. The quantitative estimate of drug-likeness (QED) is 0.900. The van der Waals surface area contributed by atoms with Gasteiger partial charge in [0.05, 0.1) is 0 Å². The highest BCUT2D eigenvalue weighted by molar-refractivity contribution is 9.10. The minimum absolute atomic E-state index is 0.0372. The molecule has 1 aromatic carbocycles. The molecule has 0 aromatic heterocycles. The van der Waals surface area contributed by atoms with E-state index in [1.54, 1.807) is 0 Å². The van der Waals surface area contributed by atoms with Crippen molar-refractivity contribution in [2.45, 2.75) is 19.4 Å². The molecule has 1 heterocycles.